The van der Waals surface area contributed by atoms with Gasteiger partial charge in [0.1, 0.15) is 12.2 Å². The molecule has 0 aliphatic carbocycles. The van der Waals surface area contributed by atoms with Crippen LogP contribution in [0.4, 0.5) is 0 Å². The van der Waals surface area contributed by atoms with Crippen LogP contribution in [-0.4, -0.2) is 27.4 Å². The van der Waals surface area contributed by atoms with Gasteiger partial charge < -0.3 is 5.32 Å². The summed E-state index contributed by atoms with van der Waals surface area (Å²) >= 11 is 0. The predicted molar refractivity (Wildman–Crippen MR) is 80.1 cm³/mol. The molecule has 1 aromatic rings. The summed E-state index contributed by atoms with van der Waals surface area (Å²) in [6.07, 6.45) is 3.82. The smallest absolute Gasteiger partial charge is 0.138 e. The average Bonchev–Trinajstić information content (AvgIpc) is 2.62. The molecule has 110 valence electrons. The topological polar surface area (TPSA) is 42.7 Å². The largest absolute Gasteiger partial charge is 0.315 e. The van der Waals surface area contributed by atoms with Gasteiger partial charge in [0.25, 0.3) is 0 Å². The average molecular weight is 266 g/mol. The zero-order valence-electron chi connectivity index (χ0n) is 13.4. The standard InChI is InChI=1S/C15H30N4/c1-12(2)10-19-14(17-11-18-19)9-15(5,6)7-8-16-13(3)4/h11-13,16H,7-10H2,1-6H3. The first-order valence-corrected chi connectivity index (χ1v) is 7.40. The van der Waals surface area contributed by atoms with Crippen LogP contribution in [0.3, 0.4) is 0 Å². The van der Waals surface area contributed by atoms with Gasteiger partial charge in [-0.05, 0) is 24.3 Å². The highest BCUT2D eigenvalue weighted by Gasteiger charge is 2.21. The van der Waals surface area contributed by atoms with E-state index in [1.54, 1.807) is 6.33 Å². The molecule has 1 aromatic heterocycles. The number of nitrogens with zero attached hydrogens (tertiary/aromatic N) is 3. The van der Waals surface area contributed by atoms with Crippen LogP contribution >= 0.6 is 0 Å². The van der Waals surface area contributed by atoms with Gasteiger partial charge in [0.2, 0.25) is 0 Å². The van der Waals surface area contributed by atoms with E-state index in [0.717, 1.165) is 31.8 Å². The van der Waals surface area contributed by atoms with Crippen molar-refractivity contribution in [3.63, 3.8) is 0 Å². The van der Waals surface area contributed by atoms with Crippen molar-refractivity contribution in [2.75, 3.05) is 6.54 Å². The summed E-state index contributed by atoms with van der Waals surface area (Å²) in [5.74, 6) is 1.72. The van der Waals surface area contributed by atoms with Crippen LogP contribution in [0.15, 0.2) is 6.33 Å². The van der Waals surface area contributed by atoms with Crippen LogP contribution < -0.4 is 5.32 Å². The Balaban J connectivity index is 2.54. The molecule has 1 heterocycles. The van der Waals surface area contributed by atoms with Crippen LogP contribution in [-0.2, 0) is 13.0 Å². The van der Waals surface area contributed by atoms with Gasteiger partial charge in [-0.2, -0.15) is 5.10 Å². The van der Waals surface area contributed by atoms with Crippen molar-refractivity contribution >= 4 is 0 Å². The van der Waals surface area contributed by atoms with Crippen LogP contribution in [0.2, 0.25) is 0 Å². The molecule has 0 aromatic carbocycles. The molecule has 0 saturated heterocycles. The summed E-state index contributed by atoms with van der Waals surface area (Å²) in [7, 11) is 0. The second-order valence-corrected chi connectivity index (χ2v) is 6.95. The molecule has 0 saturated carbocycles. The highest BCUT2D eigenvalue weighted by Crippen LogP contribution is 2.24. The van der Waals surface area contributed by atoms with E-state index in [4.69, 9.17) is 0 Å². The third-order valence-corrected chi connectivity index (χ3v) is 3.22. The quantitative estimate of drug-likeness (QED) is 0.786. The van der Waals surface area contributed by atoms with Crippen molar-refractivity contribution in [3.8, 4) is 0 Å². The molecule has 0 radical (unpaired) electrons. The van der Waals surface area contributed by atoms with Crippen LogP contribution in [0.5, 0.6) is 0 Å². The molecule has 0 atom stereocenters. The van der Waals surface area contributed by atoms with Gasteiger partial charge in [-0.1, -0.05) is 41.5 Å². The third-order valence-electron chi connectivity index (χ3n) is 3.22. The van der Waals surface area contributed by atoms with E-state index in [9.17, 15) is 0 Å². The Morgan fingerprint density at radius 2 is 1.95 bits per heavy atom. The Labute approximate surface area is 118 Å². The lowest BCUT2D eigenvalue weighted by atomic mass is 9.85. The van der Waals surface area contributed by atoms with Crippen LogP contribution in [0, 0.1) is 11.3 Å². The zero-order chi connectivity index (χ0) is 14.5. The number of rotatable bonds is 8. The first-order valence-electron chi connectivity index (χ1n) is 7.40. The van der Waals surface area contributed by atoms with Gasteiger partial charge in [-0.15, -0.1) is 0 Å². The number of hydrogen-bond acceptors (Lipinski definition) is 3. The summed E-state index contributed by atoms with van der Waals surface area (Å²) < 4.78 is 2.06. The summed E-state index contributed by atoms with van der Waals surface area (Å²) in [4.78, 5) is 4.43. The van der Waals surface area contributed by atoms with Gasteiger partial charge in [0.05, 0.1) is 0 Å². The molecule has 0 bridgehead atoms. The molecule has 1 rings (SSSR count). The lowest BCUT2D eigenvalue weighted by Crippen LogP contribution is -2.29. The van der Waals surface area contributed by atoms with Crippen LogP contribution in [0.1, 0.15) is 53.8 Å². The lowest BCUT2D eigenvalue weighted by molar-refractivity contribution is 0.304. The van der Waals surface area contributed by atoms with Crippen LogP contribution in [0.25, 0.3) is 0 Å². The highest BCUT2D eigenvalue weighted by atomic mass is 15.3. The predicted octanol–water partition coefficient (Wildman–Crippen LogP) is 2.89. The van der Waals surface area contributed by atoms with Crippen molar-refractivity contribution in [2.24, 2.45) is 11.3 Å². The van der Waals surface area contributed by atoms with E-state index < -0.39 is 0 Å². The first kappa shape index (κ1) is 16.2. The number of hydrogen-bond donors (Lipinski definition) is 1. The molecular formula is C15H30N4. The van der Waals surface area contributed by atoms with Gasteiger partial charge in [0.15, 0.2) is 0 Å². The fourth-order valence-electron chi connectivity index (χ4n) is 2.14. The van der Waals surface area contributed by atoms with E-state index >= 15 is 0 Å². The van der Waals surface area contributed by atoms with E-state index in [2.05, 4.69) is 61.6 Å². The molecule has 4 nitrogen and oxygen atoms in total. The fourth-order valence-corrected chi connectivity index (χ4v) is 2.14. The molecule has 0 amide bonds. The normalized spacial score (nSPS) is 12.6. The third kappa shape index (κ3) is 6.19. The molecule has 4 heteroatoms. The Morgan fingerprint density at radius 1 is 1.26 bits per heavy atom. The maximum Gasteiger partial charge on any atom is 0.138 e. The lowest BCUT2D eigenvalue weighted by Gasteiger charge is -2.25. The van der Waals surface area contributed by atoms with Gasteiger partial charge >= 0.3 is 0 Å². The molecule has 0 fully saturated rings. The monoisotopic (exact) mass is 266 g/mol. The number of nitrogens with one attached hydrogen (secondary N) is 1. The maximum absolute atomic E-state index is 4.43. The Bertz CT molecular complexity index is 366. The molecule has 0 aliphatic heterocycles. The molecule has 0 spiro atoms. The fraction of sp³-hybridized carbons (Fsp3) is 0.867. The minimum Gasteiger partial charge on any atom is -0.315 e. The van der Waals surface area contributed by atoms with Gasteiger partial charge in [0, 0.05) is 19.0 Å². The maximum atomic E-state index is 4.43. The second-order valence-electron chi connectivity index (χ2n) is 6.95. The van der Waals surface area contributed by atoms with E-state index in [1.807, 2.05) is 0 Å². The van der Waals surface area contributed by atoms with Crippen molar-refractivity contribution in [2.45, 2.75) is 67.0 Å². The van der Waals surface area contributed by atoms with E-state index in [0.29, 0.717) is 12.0 Å². The van der Waals surface area contributed by atoms with Gasteiger partial charge in [-0.3, -0.25) is 0 Å². The summed E-state index contributed by atoms with van der Waals surface area (Å²) in [5.41, 5.74) is 0.254. The zero-order valence-corrected chi connectivity index (χ0v) is 13.4. The van der Waals surface area contributed by atoms with Crippen molar-refractivity contribution in [3.05, 3.63) is 12.2 Å². The van der Waals surface area contributed by atoms with E-state index in [1.165, 1.54) is 0 Å². The first-order chi connectivity index (χ1) is 8.80. The molecule has 1 N–H and O–H groups in total. The molecule has 19 heavy (non-hydrogen) atoms. The minimum atomic E-state index is 0.254. The van der Waals surface area contributed by atoms with Gasteiger partial charge in [-0.25, -0.2) is 9.67 Å². The Morgan fingerprint density at radius 3 is 2.53 bits per heavy atom. The molecular weight excluding hydrogens is 236 g/mol. The SMILES string of the molecule is CC(C)Cn1ncnc1CC(C)(C)CCNC(C)C. The Kier molecular flexibility index (Phi) is 5.98. The Hall–Kier alpha value is -0.900. The summed E-state index contributed by atoms with van der Waals surface area (Å²) in [5, 5.41) is 7.82. The highest BCUT2D eigenvalue weighted by molar-refractivity contribution is 4.91. The summed E-state index contributed by atoms with van der Waals surface area (Å²) in [6, 6.07) is 0.556. The number of aromatic nitrogens is 3. The molecule has 0 aliphatic rings. The second kappa shape index (κ2) is 7.04. The van der Waals surface area contributed by atoms with E-state index in [-0.39, 0.29) is 5.41 Å². The minimum absolute atomic E-state index is 0.254. The van der Waals surface area contributed by atoms with Crippen molar-refractivity contribution in [1.82, 2.24) is 20.1 Å². The van der Waals surface area contributed by atoms with Crippen molar-refractivity contribution < 1.29 is 0 Å². The van der Waals surface area contributed by atoms with Crippen molar-refractivity contribution in [1.29, 1.82) is 0 Å². The molecule has 0 unspecified atom stereocenters. The summed E-state index contributed by atoms with van der Waals surface area (Å²) in [6.45, 7) is 15.4.